The Hall–Kier alpha value is -7.10. The molecule has 0 aliphatic heterocycles. The molecule has 0 fully saturated rings. The number of anilines is 3. The first-order chi connectivity index (χ1) is 26.3. The van der Waals surface area contributed by atoms with Crippen LogP contribution in [0.3, 0.4) is 0 Å². The Labute approximate surface area is 306 Å². The summed E-state index contributed by atoms with van der Waals surface area (Å²) in [6.45, 7) is 0. The van der Waals surface area contributed by atoms with Crippen LogP contribution in [0.4, 0.5) is 17.1 Å². The van der Waals surface area contributed by atoms with E-state index in [9.17, 15) is 0 Å². The number of benzene rings is 9. The van der Waals surface area contributed by atoms with E-state index in [1.807, 2.05) is 0 Å². The maximum absolute atomic E-state index is 2.45. The van der Waals surface area contributed by atoms with Crippen LogP contribution in [-0.2, 0) is 0 Å². The van der Waals surface area contributed by atoms with Gasteiger partial charge >= 0.3 is 0 Å². The van der Waals surface area contributed by atoms with Crippen LogP contribution in [0.25, 0.3) is 76.5 Å². The second-order valence-electron chi connectivity index (χ2n) is 13.8. The van der Waals surface area contributed by atoms with Gasteiger partial charge in [-0.25, -0.2) is 0 Å². The number of hydrogen-bond donors (Lipinski definition) is 0. The van der Waals surface area contributed by atoms with Crippen molar-refractivity contribution in [3.05, 3.63) is 200 Å². The lowest BCUT2D eigenvalue weighted by atomic mass is 10.0. The first-order valence-electron chi connectivity index (χ1n) is 18.2. The van der Waals surface area contributed by atoms with Crippen LogP contribution in [0.15, 0.2) is 200 Å². The van der Waals surface area contributed by atoms with Crippen LogP contribution in [-0.4, -0.2) is 9.13 Å². The summed E-state index contributed by atoms with van der Waals surface area (Å²) in [6.07, 6.45) is 0. The lowest BCUT2D eigenvalue weighted by Crippen LogP contribution is -2.10. The minimum Gasteiger partial charge on any atom is -0.310 e. The van der Waals surface area contributed by atoms with Crippen molar-refractivity contribution in [2.24, 2.45) is 0 Å². The molecule has 0 N–H and O–H groups in total. The summed E-state index contributed by atoms with van der Waals surface area (Å²) >= 11 is 0. The van der Waals surface area contributed by atoms with Gasteiger partial charge in [-0.2, -0.15) is 0 Å². The fourth-order valence-electron chi connectivity index (χ4n) is 8.49. The molecular formula is C50H33N3. The molecule has 11 aromatic rings. The van der Waals surface area contributed by atoms with E-state index in [4.69, 9.17) is 0 Å². The molecular weight excluding hydrogens is 643 g/mol. The molecule has 0 bridgehead atoms. The topological polar surface area (TPSA) is 13.1 Å². The lowest BCUT2D eigenvalue weighted by Gasteiger charge is -2.26. The highest BCUT2D eigenvalue weighted by atomic mass is 15.1. The highest BCUT2D eigenvalue weighted by Crippen LogP contribution is 2.43. The van der Waals surface area contributed by atoms with Gasteiger partial charge in [0.2, 0.25) is 0 Å². The summed E-state index contributed by atoms with van der Waals surface area (Å²) in [5.41, 5.74) is 10.4. The van der Waals surface area contributed by atoms with Crippen molar-refractivity contribution in [2.75, 3.05) is 4.90 Å². The van der Waals surface area contributed by atoms with Crippen LogP contribution < -0.4 is 4.90 Å². The third-order valence-electron chi connectivity index (χ3n) is 10.8. The maximum Gasteiger partial charge on any atom is 0.0562 e. The van der Waals surface area contributed by atoms with Crippen LogP contribution >= 0.6 is 0 Å². The Balaban J connectivity index is 1.20. The van der Waals surface area contributed by atoms with Gasteiger partial charge in [0.25, 0.3) is 0 Å². The van der Waals surface area contributed by atoms with E-state index in [0.29, 0.717) is 0 Å². The maximum atomic E-state index is 2.45. The average Bonchev–Trinajstić information content (AvgIpc) is 3.73. The SMILES string of the molecule is c1ccc(N(c2cccc(-n3c4ccccc4c4cc5c6c7ccccc7ccc6n(-c6ccccc6)c5cc43)c2)c2ccc3ccccc3c2)cc1. The number of aromatic nitrogens is 2. The second kappa shape index (κ2) is 11.7. The fraction of sp³-hybridized carbons (Fsp3) is 0. The van der Waals surface area contributed by atoms with Gasteiger partial charge in [-0.3, -0.25) is 0 Å². The van der Waals surface area contributed by atoms with Crippen molar-refractivity contribution in [1.82, 2.24) is 9.13 Å². The van der Waals surface area contributed by atoms with Gasteiger partial charge in [-0.05, 0) is 100 Å². The number of para-hydroxylation sites is 3. The summed E-state index contributed by atoms with van der Waals surface area (Å²) in [4.78, 5) is 2.36. The van der Waals surface area contributed by atoms with Crippen LogP contribution in [0.2, 0.25) is 0 Å². The van der Waals surface area contributed by atoms with Crippen molar-refractivity contribution in [2.45, 2.75) is 0 Å². The molecule has 0 aliphatic rings. The normalized spacial score (nSPS) is 11.8. The van der Waals surface area contributed by atoms with Gasteiger partial charge in [-0.15, -0.1) is 0 Å². The Kier molecular flexibility index (Phi) is 6.55. The van der Waals surface area contributed by atoms with E-state index < -0.39 is 0 Å². The standard InChI is InChI=1S/C50H33N3/c1-3-17-37(18-4-1)51(41-28-26-34-14-7-8-16-36(34)30-41)39-21-13-22-40(31-39)53-46-25-12-11-24-43(46)44-32-45-49(33-48(44)53)52(38-19-5-2-6-20-38)47-29-27-35-15-9-10-23-42(35)50(45)47/h1-33H. The number of fused-ring (bicyclic) bond motifs is 9. The molecule has 0 spiro atoms. The van der Waals surface area contributed by atoms with Crippen molar-refractivity contribution in [3.63, 3.8) is 0 Å². The van der Waals surface area contributed by atoms with Gasteiger partial charge < -0.3 is 14.0 Å². The molecule has 11 rings (SSSR count). The molecule has 0 atom stereocenters. The second-order valence-corrected chi connectivity index (χ2v) is 13.8. The zero-order valence-electron chi connectivity index (χ0n) is 28.9. The predicted molar refractivity (Wildman–Crippen MR) is 225 cm³/mol. The molecule has 0 saturated carbocycles. The van der Waals surface area contributed by atoms with Gasteiger partial charge in [0.1, 0.15) is 0 Å². The largest absolute Gasteiger partial charge is 0.310 e. The Morgan fingerprint density at radius 3 is 1.74 bits per heavy atom. The molecule has 0 unspecified atom stereocenters. The summed E-state index contributed by atoms with van der Waals surface area (Å²) in [7, 11) is 0. The number of hydrogen-bond acceptors (Lipinski definition) is 1. The highest BCUT2D eigenvalue weighted by Gasteiger charge is 2.21. The monoisotopic (exact) mass is 675 g/mol. The molecule has 2 aromatic heterocycles. The van der Waals surface area contributed by atoms with Crippen molar-refractivity contribution >= 4 is 82.2 Å². The smallest absolute Gasteiger partial charge is 0.0562 e. The predicted octanol–water partition coefficient (Wildman–Crippen LogP) is 13.7. The van der Waals surface area contributed by atoms with Gasteiger partial charge in [0.15, 0.2) is 0 Å². The molecule has 3 nitrogen and oxygen atoms in total. The molecule has 248 valence electrons. The van der Waals surface area contributed by atoms with E-state index >= 15 is 0 Å². The molecule has 2 heterocycles. The Morgan fingerprint density at radius 2 is 0.887 bits per heavy atom. The quantitative estimate of drug-likeness (QED) is 0.177. The van der Waals surface area contributed by atoms with E-state index in [2.05, 4.69) is 214 Å². The zero-order chi connectivity index (χ0) is 34.9. The van der Waals surface area contributed by atoms with Crippen LogP contribution in [0.1, 0.15) is 0 Å². The Morgan fingerprint density at radius 1 is 0.283 bits per heavy atom. The molecule has 3 heteroatoms. The molecule has 0 aliphatic carbocycles. The number of nitrogens with zero attached hydrogens (tertiary/aromatic N) is 3. The molecule has 0 saturated heterocycles. The highest BCUT2D eigenvalue weighted by molar-refractivity contribution is 6.25. The first-order valence-corrected chi connectivity index (χ1v) is 18.2. The third kappa shape index (κ3) is 4.61. The van der Waals surface area contributed by atoms with E-state index in [-0.39, 0.29) is 0 Å². The third-order valence-corrected chi connectivity index (χ3v) is 10.8. The summed E-state index contributed by atoms with van der Waals surface area (Å²) in [5.74, 6) is 0. The van der Waals surface area contributed by atoms with Crippen molar-refractivity contribution in [1.29, 1.82) is 0 Å². The molecule has 53 heavy (non-hydrogen) atoms. The van der Waals surface area contributed by atoms with Crippen molar-refractivity contribution < 1.29 is 0 Å². The molecule has 0 amide bonds. The van der Waals surface area contributed by atoms with Gasteiger partial charge in [0.05, 0.1) is 22.1 Å². The summed E-state index contributed by atoms with van der Waals surface area (Å²) in [6, 6.07) is 72.7. The van der Waals surface area contributed by atoms with E-state index in [0.717, 1.165) is 28.4 Å². The fourth-order valence-corrected chi connectivity index (χ4v) is 8.49. The first kappa shape index (κ1) is 29.6. The van der Waals surface area contributed by atoms with Crippen LogP contribution in [0, 0.1) is 0 Å². The van der Waals surface area contributed by atoms with Crippen molar-refractivity contribution in [3.8, 4) is 11.4 Å². The van der Waals surface area contributed by atoms with E-state index in [1.165, 1.54) is 65.2 Å². The number of rotatable bonds is 5. The van der Waals surface area contributed by atoms with E-state index in [1.54, 1.807) is 0 Å². The molecule has 0 radical (unpaired) electrons. The molecule has 9 aromatic carbocycles. The van der Waals surface area contributed by atoms with Crippen LogP contribution in [0.5, 0.6) is 0 Å². The minimum absolute atomic E-state index is 1.10. The summed E-state index contributed by atoms with van der Waals surface area (Å²) in [5, 5.41) is 10.0. The minimum atomic E-state index is 1.10. The average molecular weight is 676 g/mol. The van der Waals surface area contributed by atoms with Gasteiger partial charge in [-0.1, -0.05) is 121 Å². The Bertz CT molecular complexity index is 3170. The lowest BCUT2D eigenvalue weighted by molar-refractivity contribution is 1.16. The summed E-state index contributed by atoms with van der Waals surface area (Å²) < 4.78 is 4.88. The zero-order valence-corrected chi connectivity index (χ0v) is 28.9. The van der Waals surface area contributed by atoms with Gasteiger partial charge in [0, 0.05) is 50.0 Å².